The predicted octanol–water partition coefficient (Wildman–Crippen LogP) is 4.83. The minimum Gasteiger partial charge on any atom is -0.493 e. The first-order valence-electron chi connectivity index (χ1n) is 9.73. The van der Waals surface area contributed by atoms with Crippen LogP contribution in [0.3, 0.4) is 0 Å². The molecule has 1 aromatic rings. The summed E-state index contributed by atoms with van der Waals surface area (Å²) in [4.78, 5) is 14.7. The fourth-order valence-electron chi connectivity index (χ4n) is 3.82. The lowest BCUT2D eigenvalue weighted by molar-refractivity contribution is 0.175. The van der Waals surface area contributed by atoms with Crippen molar-refractivity contribution in [2.45, 2.75) is 70.9 Å². The van der Waals surface area contributed by atoms with Crippen molar-refractivity contribution in [1.29, 1.82) is 0 Å². The van der Waals surface area contributed by atoms with Gasteiger partial charge >= 0.3 is 6.03 Å². The van der Waals surface area contributed by atoms with Crippen LogP contribution in [0.2, 0.25) is 0 Å². The lowest BCUT2D eigenvalue weighted by atomic mass is 9.96. The highest BCUT2D eigenvalue weighted by molar-refractivity contribution is 5.75. The molecule has 5 nitrogen and oxygen atoms in total. The van der Waals surface area contributed by atoms with Crippen LogP contribution in [0.5, 0.6) is 11.5 Å². The van der Waals surface area contributed by atoms with Crippen LogP contribution in [0.4, 0.5) is 4.79 Å². The molecule has 1 fully saturated rings. The number of amides is 2. The van der Waals surface area contributed by atoms with Gasteiger partial charge in [-0.15, -0.1) is 0 Å². The topological polar surface area (TPSA) is 50.8 Å². The average Bonchev–Trinajstić information content (AvgIpc) is 2.60. The van der Waals surface area contributed by atoms with E-state index in [1.165, 1.54) is 32.1 Å². The van der Waals surface area contributed by atoms with Crippen molar-refractivity contribution in [3.63, 3.8) is 0 Å². The van der Waals surface area contributed by atoms with E-state index in [1.54, 1.807) is 14.2 Å². The molecule has 0 radical (unpaired) electrons. The summed E-state index contributed by atoms with van der Waals surface area (Å²) in [5, 5.41) is 3.15. The third kappa shape index (κ3) is 5.05. The maximum absolute atomic E-state index is 12.8. The molecule has 0 heterocycles. The number of benzene rings is 1. The van der Waals surface area contributed by atoms with Crippen LogP contribution >= 0.6 is 0 Å². The van der Waals surface area contributed by atoms with E-state index in [4.69, 9.17) is 9.47 Å². The Hall–Kier alpha value is -1.91. The van der Waals surface area contributed by atoms with Crippen molar-refractivity contribution < 1.29 is 14.3 Å². The minimum absolute atomic E-state index is 0.00254. The normalized spacial score (nSPS) is 17.0. The molecule has 26 heavy (non-hydrogen) atoms. The molecule has 0 spiro atoms. The molecule has 5 heteroatoms. The van der Waals surface area contributed by atoms with Gasteiger partial charge < -0.3 is 19.7 Å². The Morgan fingerprint density at radius 2 is 1.62 bits per heavy atom. The first-order chi connectivity index (χ1) is 12.5. The molecule has 1 aliphatic rings. The number of carbonyl (C=O) groups excluding carboxylic acids is 1. The van der Waals surface area contributed by atoms with Crippen LogP contribution in [0.1, 0.15) is 69.0 Å². The summed E-state index contributed by atoms with van der Waals surface area (Å²) in [6.45, 7) is 4.04. The Morgan fingerprint density at radius 3 is 2.19 bits per heavy atom. The van der Waals surface area contributed by atoms with E-state index in [9.17, 15) is 4.79 Å². The second-order valence-corrected chi connectivity index (χ2v) is 7.34. The summed E-state index contributed by atoms with van der Waals surface area (Å²) < 4.78 is 10.8. The number of nitrogens with zero attached hydrogens (tertiary/aromatic N) is 1. The van der Waals surface area contributed by atoms with Gasteiger partial charge in [0.05, 0.1) is 20.3 Å². The second-order valence-electron chi connectivity index (χ2n) is 7.34. The van der Waals surface area contributed by atoms with Gasteiger partial charge in [0.2, 0.25) is 0 Å². The Labute approximate surface area is 158 Å². The highest BCUT2D eigenvalue weighted by atomic mass is 16.5. The molecule has 0 bridgehead atoms. The van der Waals surface area contributed by atoms with E-state index in [2.05, 4.69) is 5.32 Å². The van der Waals surface area contributed by atoms with Crippen LogP contribution in [0.15, 0.2) is 12.1 Å². The van der Waals surface area contributed by atoms with Crippen molar-refractivity contribution in [2.24, 2.45) is 0 Å². The summed E-state index contributed by atoms with van der Waals surface area (Å²) in [6, 6.07) is 4.15. The molecule has 2 rings (SSSR count). The van der Waals surface area contributed by atoms with Crippen LogP contribution in [-0.2, 0) is 0 Å². The van der Waals surface area contributed by atoms with E-state index in [1.807, 2.05) is 37.9 Å². The number of methoxy groups -OCH3 is 2. The molecule has 146 valence electrons. The van der Waals surface area contributed by atoms with E-state index in [-0.39, 0.29) is 12.1 Å². The molecule has 1 aliphatic carbocycles. The van der Waals surface area contributed by atoms with Crippen LogP contribution in [-0.4, -0.2) is 38.2 Å². The number of rotatable bonds is 5. The number of carbonyl (C=O) groups is 1. The van der Waals surface area contributed by atoms with Crippen LogP contribution < -0.4 is 14.8 Å². The van der Waals surface area contributed by atoms with Crippen molar-refractivity contribution in [2.75, 3.05) is 21.3 Å². The third-order valence-electron chi connectivity index (χ3n) is 5.52. The highest BCUT2D eigenvalue weighted by Crippen LogP contribution is 2.33. The Kier molecular flexibility index (Phi) is 7.61. The van der Waals surface area contributed by atoms with Gasteiger partial charge in [-0.2, -0.15) is 0 Å². The zero-order valence-electron chi connectivity index (χ0n) is 16.9. The summed E-state index contributed by atoms with van der Waals surface area (Å²) in [6.07, 6.45) is 8.54. The largest absolute Gasteiger partial charge is 0.493 e. The van der Waals surface area contributed by atoms with Crippen molar-refractivity contribution >= 4 is 6.03 Å². The van der Waals surface area contributed by atoms with Gasteiger partial charge in [-0.1, -0.05) is 32.1 Å². The molecule has 2 amide bonds. The monoisotopic (exact) mass is 362 g/mol. The third-order valence-corrected chi connectivity index (χ3v) is 5.52. The second kappa shape index (κ2) is 9.70. The number of ether oxygens (including phenoxy) is 2. The molecule has 1 atom stereocenters. The van der Waals surface area contributed by atoms with Gasteiger partial charge in [-0.25, -0.2) is 4.79 Å². The number of nitrogens with one attached hydrogen (secondary N) is 1. The zero-order chi connectivity index (χ0) is 19.1. The maximum atomic E-state index is 12.8. The molecule has 1 saturated carbocycles. The molecule has 0 aliphatic heterocycles. The van der Waals surface area contributed by atoms with Crippen molar-refractivity contribution in [1.82, 2.24) is 10.2 Å². The number of hydrogen-bond acceptors (Lipinski definition) is 3. The summed E-state index contributed by atoms with van der Waals surface area (Å²) in [5.74, 6) is 1.39. The van der Waals surface area contributed by atoms with E-state index in [0.29, 0.717) is 17.5 Å². The van der Waals surface area contributed by atoms with E-state index < -0.39 is 0 Å². The molecular formula is C21H34N2O3. The molecule has 1 unspecified atom stereocenters. The quantitative estimate of drug-likeness (QED) is 0.816. The highest BCUT2D eigenvalue weighted by Gasteiger charge is 2.23. The summed E-state index contributed by atoms with van der Waals surface area (Å²) in [7, 11) is 5.19. The van der Waals surface area contributed by atoms with Crippen LogP contribution in [0, 0.1) is 6.92 Å². The molecule has 0 saturated heterocycles. The molecular weight excluding hydrogens is 328 g/mol. The lowest BCUT2D eigenvalue weighted by Gasteiger charge is -2.31. The van der Waals surface area contributed by atoms with Gasteiger partial charge in [0, 0.05) is 13.1 Å². The first kappa shape index (κ1) is 20.4. The van der Waals surface area contributed by atoms with Gasteiger partial charge in [0.25, 0.3) is 0 Å². The van der Waals surface area contributed by atoms with Gasteiger partial charge in [-0.05, 0) is 49.9 Å². The van der Waals surface area contributed by atoms with Gasteiger partial charge in [-0.3, -0.25) is 0 Å². The maximum Gasteiger partial charge on any atom is 0.317 e. The summed E-state index contributed by atoms with van der Waals surface area (Å²) >= 11 is 0. The van der Waals surface area contributed by atoms with Crippen LogP contribution in [0.25, 0.3) is 0 Å². The van der Waals surface area contributed by atoms with Crippen molar-refractivity contribution in [3.8, 4) is 11.5 Å². The SMILES string of the molecule is COc1cc(C)c(C(C)NC(=O)N(C)C2CCCCCCC2)cc1OC. The summed E-state index contributed by atoms with van der Waals surface area (Å²) in [5.41, 5.74) is 2.12. The van der Waals surface area contributed by atoms with Gasteiger partial charge in [0.1, 0.15) is 0 Å². The fourth-order valence-corrected chi connectivity index (χ4v) is 3.82. The fraction of sp³-hybridized carbons (Fsp3) is 0.667. The first-order valence-corrected chi connectivity index (χ1v) is 9.73. The van der Waals surface area contributed by atoms with E-state index >= 15 is 0 Å². The average molecular weight is 363 g/mol. The predicted molar refractivity (Wildman–Crippen MR) is 105 cm³/mol. The minimum atomic E-state index is -0.0988. The Bertz CT molecular complexity index is 595. The molecule has 0 aromatic heterocycles. The van der Waals surface area contributed by atoms with E-state index in [0.717, 1.165) is 24.0 Å². The number of aryl methyl sites for hydroxylation is 1. The molecule has 1 N–H and O–H groups in total. The smallest absolute Gasteiger partial charge is 0.317 e. The lowest BCUT2D eigenvalue weighted by Crippen LogP contribution is -2.44. The Balaban J connectivity index is 2.05. The zero-order valence-corrected chi connectivity index (χ0v) is 16.9. The number of urea groups is 1. The molecule has 1 aromatic carbocycles. The standard InChI is InChI=1S/C21H34N2O3/c1-15-13-19(25-4)20(26-5)14-18(15)16(2)22-21(24)23(3)17-11-9-7-6-8-10-12-17/h13-14,16-17H,6-12H2,1-5H3,(H,22,24). The Morgan fingerprint density at radius 1 is 1.08 bits per heavy atom. The van der Waals surface area contributed by atoms with Crippen molar-refractivity contribution in [3.05, 3.63) is 23.3 Å². The van der Waals surface area contributed by atoms with Gasteiger partial charge in [0.15, 0.2) is 11.5 Å². The number of hydrogen-bond donors (Lipinski definition) is 1.